The van der Waals surface area contributed by atoms with E-state index in [4.69, 9.17) is 9.47 Å². The van der Waals surface area contributed by atoms with Gasteiger partial charge in [0.15, 0.2) is 0 Å². The Morgan fingerprint density at radius 3 is 2.26 bits per heavy atom. The number of nitrogens with zero attached hydrogens (tertiary/aromatic N) is 2. The van der Waals surface area contributed by atoms with E-state index in [1.165, 1.54) is 32.6 Å². The Labute approximate surface area is 159 Å². The molecule has 2 aliphatic heterocycles. The molecule has 0 atom stereocenters. The van der Waals surface area contributed by atoms with Gasteiger partial charge in [0, 0.05) is 18.4 Å². The van der Waals surface area contributed by atoms with Gasteiger partial charge in [-0.2, -0.15) is 0 Å². The third kappa shape index (κ3) is 4.28. The summed E-state index contributed by atoms with van der Waals surface area (Å²) in [5.41, 5.74) is 2.26. The maximum absolute atomic E-state index is 12.4. The summed E-state index contributed by atoms with van der Waals surface area (Å²) < 4.78 is 9.75. The molecule has 2 heterocycles. The first kappa shape index (κ1) is 18.9. The largest absolute Gasteiger partial charge is 0.465 e. The second-order valence-electron chi connectivity index (χ2n) is 6.47. The lowest BCUT2D eigenvalue weighted by atomic mass is 10.1. The van der Waals surface area contributed by atoms with Gasteiger partial charge in [-0.1, -0.05) is 18.2 Å². The SMILES string of the molecule is COC(=O)C1=C(C(=O)OC)N(c2ccc(CN3CCCC3)cc2)C=CC=C1. The van der Waals surface area contributed by atoms with Crippen LogP contribution in [0.5, 0.6) is 0 Å². The standard InChI is InChI=1S/C21H24N2O4/c1-26-20(24)18-7-3-4-14-23(19(18)21(25)27-2)17-10-8-16(9-11-17)15-22-12-5-6-13-22/h3-4,7-11,14H,5-6,12-13,15H2,1-2H3. The van der Waals surface area contributed by atoms with Gasteiger partial charge in [-0.25, -0.2) is 9.59 Å². The molecule has 6 heteroatoms. The lowest BCUT2D eigenvalue weighted by molar-refractivity contribution is -0.139. The number of carbonyl (C=O) groups is 2. The molecule has 1 saturated heterocycles. The molecule has 0 bridgehead atoms. The van der Waals surface area contributed by atoms with Crippen molar-refractivity contribution in [2.75, 3.05) is 32.2 Å². The van der Waals surface area contributed by atoms with Crippen LogP contribution in [0.15, 0.2) is 60.0 Å². The van der Waals surface area contributed by atoms with Gasteiger partial charge in [0.2, 0.25) is 0 Å². The van der Waals surface area contributed by atoms with Gasteiger partial charge in [0.05, 0.1) is 19.8 Å². The third-order valence-corrected chi connectivity index (χ3v) is 4.71. The number of methoxy groups -OCH3 is 2. The van der Waals surface area contributed by atoms with Crippen LogP contribution in [0.1, 0.15) is 18.4 Å². The van der Waals surface area contributed by atoms with Crippen LogP contribution >= 0.6 is 0 Å². The number of anilines is 1. The molecule has 1 fully saturated rings. The zero-order chi connectivity index (χ0) is 19.2. The minimum Gasteiger partial charge on any atom is -0.465 e. The first-order valence-electron chi connectivity index (χ1n) is 9.00. The third-order valence-electron chi connectivity index (χ3n) is 4.71. The van der Waals surface area contributed by atoms with Gasteiger partial charge >= 0.3 is 11.9 Å². The summed E-state index contributed by atoms with van der Waals surface area (Å²) >= 11 is 0. The van der Waals surface area contributed by atoms with Crippen LogP contribution in [0, 0.1) is 0 Å². The number of allylic oxidation sites excluding steroid dienone is 2. The molecule has 6 nitrogen and oxygen atoms in total. The molecule has 0 aromatic heterocycles. The average molecular weight is 368 g/mol. The van der Waals surface area contributed by atoms with E-state index in [0.717, 1.165) is 25.3 Å². The van der Waals surface area contributed by atoms with Gasteiger partial charge in [-0.05, 0) is 55.8 Å². The molecule has 0 aliphatic carbocycles. The van der Waals surface area contributed by atoms with E-state index >= 15 is 0 Å². The highest BCUT2D eigenvalue weighted by atomic mass is 16.5. The predicted octanol–water partition coefficient (Wildman–Crippen LogP) is 2.77. The van der Waals surface area contributed by atoms with E-state index in [9.17, 15) is 9.59 Å². The Morgan fingerprint density at radius 2 is 1.63 bits per heavy atom. The number of esters is 2. The molecule has 2 aliphatic rings. The normalized spacial score (nSPS) is 17.2. The molecule has 0 radical (unpaired) electrons. The van der Waals surface area contributed by atoms with Gasteiger partial charge in [0.1, 0.15) is 5.70 Å². The van der Waals surface area contributed by atoms with E-state index in [0.29, 0.717) is 0 Å². The van der Waals surface area contributed by atoms with Crippen molar-refractivity contribution < 1.29 is 19.1 Å². The van der Waals surface area contributed by atoms with Gasteiger partial charge in [-0.15, -0.1) is 0 Å². The van der Waals surface area contributed by atoms with Crippen molar-refractivity contribution in [3.05, 3.63) is 65.5 Å². The zero-order valence-electron chi connectivity index (χ0n) is 15.7. The van der Waals surface area contributed by atoms with Crippen LogP contribution in [0.3, 0.4) is 0 Å². The molecule has 0 unspecified atom stereocenters. The fourth-order valence-corrected chi connectivity index (χ4v) is 3.33. The van der Waals surface area contributed by atoms with Crippen LogP contribution in [-0.2, 0) is 25.6 Å². The first-order valence-corrected chi connectivity index (χ1v) is 9.00. The molecule has 0 spiro atoms. The van der Waals surface area contributed by atoms with Gasteiger partial charge < -0.3 is 14.4 Å². The molecular weight excluding hydrogens is 344 g/mol. The molecule has 0 N–H and O–H groups in total. The maximum Gasteiger partial charge on any atom is 0.355 e. The molecule has 1 aromatic rings. The number of carbonyl (C=O) groups excluding carboxylic acids is 2. The monoisotopic (exact) mass is 368 g/mol. The summed E-state index contributed by atoms with van der Waals surface area (Å²) in [6.45, 7) is 3.20. The summed E-state index contributed by atoms with van der Waals surface area (Å²) in [5, 5.41) is 0. The van der Waals surface area contributed by atoms with Crippen molar-refractivity contribution in [2.45, 2.75) is 19.4 Å². The van der Waals surface area contributed by atoms with Crippen molar-refractivity contribution in [3.63, 3.8) is 0 Å². The topological polar surface area (TPSA) is 59.1 Å². The Balaban J connectivity index is 1.92. The predicted molar refractivity (Wildman–Crippen MR) is 103 cm³/mol. The Bertz CT molecular complexity index is 787. The van der Waals surface area contributed by atoms with Crippen LogP contribution in [0.4, 0.5) is 5.69 Å². The fourth-order valence-electron chi connectivity index (χ4n) is 3.33. The summed E-state index contributed by atoms with van der Waals surface area (Å²) in [6, 6.07) is 7.98. The Kier molecular flexibility index (Phi) is 6.08. The highest BCUT2D eigenvalue weighted by molar-refractivity contribution is 6.05. The molecule has 142 valence electrons. The van der Waals surface area contributed by atoms with E-state index in [-0.39, 0.29) is 11.3 Å². The number of likely N-dealkylation sites (tertiary alicyclic amines) is 1. The number of hydrogen-bond donors (Lipinski definition) is 0. The highest BCUT2D eigenvalue weighted by Crippen LogP contribution is 2.27. The lowest BCUT2D eigenvalue weighted by Gasteiger charge is -2.23. The fraction of sp³-hybridized carbons (Fsp3) is 0.333. The van der Waals surface area contributed by atoms with E-state index in [1.807, 2.05) is 24.3 Å². The Morgan fingerprint density at radius 1 is 0.963 bits per heavy atom. The second-order valence-corrected chi connectivity index (χ2v) is 6.47. The number of hydrogen-bond acceptors (Lipinski definition) is 6. The average Bonchev–Trinajstić information content (AvgIpc) is 3.10. The number of ether oxygens (including phenoxy) is 2. The van der Waals surface area contributed by atoms with Crippen LogP contribution in [-0.4, -0.2) is 44.1 Å². The summed E-state index contributed by atoms with van der Waals surface area (Å²) in [7, 11) is 2.58. The summed E-state index contributed by atoms with van der Waals surface area (Å²) in [6.07, 6.45) is 9.25. The van der Waals surface area contributed by atoms with Gasteiger partial charge in [-0.3, -0.25) is 4.90 Å². The van der Waals surface area contributed by atoms with E-state index in [2.05, 4.69) is 4.90 Å². The van der Waals surface area contributed by atoms with Crippen molar-refractivity contribution in [2.24, 2.45) is 0 Å². The second kappa shape index (κ2) is 8.68. The highest BCUT2D eigenvalue weighted by Gasteiger charge is 2.27. The van der Waals surface area contributed by atoms with Crippen LogP contribution in [0.25, 0.3) is 0 Å². The summed E-state index contributed by atoms with van der Waals surface area (Å²) in [4.78, 5) is 28.7. The molecule has 1 aromatic carbocycles. The van der Waals surface area contributed by atoms with Crippen molar-refractivity contribution in [1.82, 2.24) is 4.90 Å². The van der Waals surface area contributed by atoms with Crippen LogP contribution < -0.4 is 4.90 Å². The summed E-state index contributed by atoms with van der Waals surface area (Å²) in [5.74, 6) is -1.20. The van der Waals surface area contributed by atoms with Crippen molar-refractivity contribution >= 4 is 17.6 Å². The maximum atomic E-state index is 12.4. The number of benzene rings is 1. The van der Waals surface area contributed by atoms with Crippen molar-refractivity contribution in [1.29, 1.82) is 0 Å². The van der Waals surface area contributed by atoms with E-state index < -0.39 is 11.9 Å². The Hall–Kier alpha value is -2.86. The lowest BCUT2D eigenvalue weighted by Crippen LogP contribution is -2.27. The minimum atomic E-state index is -0.604. The minimum absolute atomic E-state index is 0.127. The molecule has 0 saturated carbocycles. The number of rotatable bonds is 5. The molecule has 0 amide bonds. The zero-order valence-corrected chi connectivity index (χ0v) is 15.7. The smallest absolute Gasteiger partial charge is 0.355 e. The van der Waals surface area contributed by atoms with Gasteiger partial charge in [0.25, 0.3) is 0 Å². The quantitative estimate of drug-likeness (QED) is 0.745. The van der Waals surface area contributed by atoms with Crippen LogP contribution in [0.2, 0.25) is 0 Å². The molecule has 3 rings (SSSR count). The molecule has 27 heavy (non-hydrogen) atoms. The molecular formula is C21H24N2O4. The van der Waals surface area contributed by atoms with Crippen molar-refractivity contribution in [3.8, 4) is 0 Å². The first-order chi connectivity index (χ1) is 13.1. The van der Waals surface area contributed by atoms with E-state index in [1.54, 1.807) is 29.3 Å².